The van der Waals surface area contributed by atoms with Gasteiger partial charge in [-0.25, -0.2) is 0 Å². The molecule has 0 aliphatic carbocycles. The molecule has 2 aromatic rings. The van der Waals surface area contributed by atoms with Gasteiger partial charge in [0, 0.05) is 16.2 Å². The van der Waals surface area contributed by atoms with E-state index in [1.54, 1.807) is 7.11 Å². The number of benzene rings is 2. The fraction of sp³-hybridized carbons (Fsp3) is 0.435. The first kappa shape index (κ1) is 20.0. The molecule has 1 heterocycles. The lowest BCUT2D eigenvalue weighted by Gasteiger charge is -2.36. The average Bonchev–Trinajstić information content (AvgIpc) is 2.89. The molecule has 1 N–H and O–H groups in total. The summed E-state index contributed by atoms with van der Waals surface area (Å²) in [6, 6.07) is 14.7. The first-order valence-corrected chi connectivity index (χ1v) is 10.8. The van der Waals surface area contributed by atoms with Gasteiger partial charge in [-0.1, -0.05) is 57.0 Å². The number of fused-ring (bicyclic) bond motifs is 1. The Labute approximate surface area is 166 Å². The van der Waals surface area contributed by atoms with Crippen LogP contribution in [-0.2, 0) is 0 Å². The lowest BCUT2D eigenvalue weighted by Crippen LogP contribution is -2.48. The third-order valence-electron chi connectivity index (χ3n) is 5.57. The molecule has 0 unspecified atom stereocenters. The Hall–Kier alpha value is -1.78. The van der Waals surface area contributed by atoms with E-state index in [2.05, 4.69) is 49.5 Å². The molecule has 27 heavy (non-hydrogen) atoms. The molecule has 1 aliphatic heterocycles. The fourth-order valence-electron chi connectivity index (χ4n) is 3.80. The van der Waals surface area contributed by atoms with Crippen molar-refractivity contribution in [3.63, 3.8) is 0 Å². The summed E-state index contributed by atoms with van der Waals surface area (Å²) in [5.74, 6) is 1.65. The normalized spacial score (nSPS) is 22.0. The van der Waals surface area contributed by atoms with Crippen LogP contribution in [0.3, 0.4) is 0 Å². The number of thioether (sulfide) groups is 1. The number of rotatable bonds is 7. The van der Waals surface area contributed by atoms with Crippen molar-refractivity contribution in [3.05, 3.63) is 59.2 Å². The third kappa shape index (κ3) is 4.22. The van der Waals surface area contributed by atoms with Gasteiger partial charge in [-0.3, -0.25) is 10.1 Å². The van der Waals surface area contributed by atoms with Crippen molar-refractivity contribution in [2.24, 2.45) is 0 Å². The quantitative estimate of drug-likeness (QED) is 0.629. The minimum absolute atomic E-state index is 0.0782. The van der Waals surface area contributed by atoms with Gasteiger partial charge in [-0.05, 0) is 36.1 Å². The number of aldehydes is 1. The summed E-state index contributed by atoms with van der Waals surface area (Å²) in [7, 11) is 1.63. The highest BCUT2D eigenvalue weighted by atomic mass is 32.2. The number of nitrogens with one attached hydrogen (secondary N) is 1. The second-order valence-electron chi connectivity index (χ2n) is 7.26. The zero-order chi connectivity index (χ0) is 19.3. The Bertz CT molecular complexity index is 777. The van der Waals surface area contributed by atoms with Crippen LogP contribution in [0, 0.1) is 0 Å². The number of unbranched alkanes of at least 4 members (excludes halogenated alkanes) is 1. The Balaban J connectivity index is 2.12. The SMILES string of the molecule is CCCC[C@]1(CC)CSc2cc(C=O)c(OC)cc2[C@H](c2ccccc2)N1. The molecule has 0 fully saturated rings. The van der Waals surface area contributed by atoms with Gasteiger partial charge in [0.2, 0.25) is 0 Å². The maximum Gasteiger partial charge on any atom is 0.153 e. The number of carbonyl (C=O) groups is 1. The van der Waals surface area contributed by atoms with Crippen LogP contribution in [-0.4, -0.2) is 24.7 Å². The van der Waals surface area contributed by atoms with Gasteiger partial charge in [0.15, 0.2) is 6.29 Å². The summed E-state index contributed by atoms with van der Waals surface area (Å²) in [6.45, 7) is 4.52. The standard InChI is InChI=1S/C23H29NO2S/c1-4-6-12-23(5-2)16-27-21-13-18(15-25)20(26-3)14-19(21)22(24-23)17-10-8-7-9-11-17/h7-11,13-15,22,24H,4-6,12,16H2,1-3H3/t22-,23+/m0/s1. The first-order chi connectivity index (χ1) is 13.2. The molecule has 0 aromatic heterocycles. The van der Waals surface area contributed by atoms with E-state index >= 15 is 0 Å². The third-order valence-corrected chi connectivity index (χ3v) is 6.93. The molecule has 0 saturated heterocycles. The molecule has 0 amide bonds. The van der Waals surface area contributed by atoms with Crippen molar-refractivity contribution >= 4 is 18.0 Å². The Kier molecular flexibility index (Phi) is 6.61. The van der Waals surface area contributed by atoms with E-state index in [1.165, 1.54) is 28.9 Å². The van der Waals surface area contributed by atoms with Crippen LogP contribution in [0.4, 0.5) is 0 Å². The van der Waals surface area contributed by atoms with Crippen molar-refractivity contribution < 1.29 is 9.53 Å². The van der Waals surface area contributed by atoms with E-state index in [0.29, 0.717) is 11.3 Å². The summed E-state index contributed by atoms with van der Waals surface area (Å²) in [4.78, 5) is 12.7. The minimum atomic E-state index is 0.0782. The fourth-order valence-corrected chi connectivity index (χ4v) is 5.22. The molecule has 0 radical (unpaired) electrons. The summed E-state index contributed by atoms with van der Waals surface area (Å²) in [5, 5.41) is 4.01. The highest BCUT2D eigenvalue weighted by Crippen LogP contribution is 2.43. The van der Waals surface area contributed by atoms with Crippen LogP contribution in [0.15, 0.2) is 47.4 Å². The molecular formula is C23H29NO2S. The van der Waals surface area contributed by atoms with Crippen LogP contribution in [0.5, 0.6) is 5.75 Å². The van der Waals surface area contributed by atoms with Gasteiger partial charge in [0.1, 0.15) is 5.75 Å². The summed E-state index contributed by atoms with van der Waals surface area (Å²) in [6.07, 6.45) is 5.53. The number of ether oxygens (including phenoxy) is 1. The molecule has 4 heteroatoms. The molecular weight excluding hydrogens is 354 g/mol. The summed E-state index contributed by atoms with van der Waals surface area (Å²) in [5.41, 5.74) is 3.14. The zero-order valence-corrected chi connectivity index (χ0v) is 17.3. The first-order valence-electron chi connectivity index (χ1n) is 9.79. The van der Waals surface area contributed by atoms with E-state index in [1.807, 2.05) is 23.9 Å². The average molecular weight is 384 g/mol. The van der Waals surface area contributed by atoms with Gasteiger partial charge in [-0.2, -0.15) is 0 Å². The van der Waals surface area contributed by atoms with E-state index < -0.39 is 0 Å². The lowest BCUT2D eigenvalue weighted by molar-refractivity contribution is 0.112. The van der Waals surface area contributed by atoms with Gasteiger partial charge < -0.3 is 4.74 Å². The molecule has 0 spiro atoms. The molecule has 2 atom stereocenters. The number of hydrogen-bond donors (Lipinski definition) is 1. The second kappa shape index (κ2) is 8.94. The maximum absolute atomic E-state index is 11.5. The molecule has 3 nitrogen and oxygen atoms in total. The van der Waals surface area contributed by atoms with E-state index in [-0.39, 0.29) is 11.6 Å². The minimum Gasteiger partial charge on any atom is -0.496 e. The van der Waals surface area contributed by atoms with Crippen molar-refractivity contribution in [1.29, 1.82) is 0 Å². The Morgan fingerprint density at radius 1 is 1.26 bits per heavy atom. The Morgan fingerprint density at radius 3 is 2.67 bits per heavy atom. The molecule has 144 valence electrons. The summed E-state index contributed by atoms with van der Waals surface area (Å²) < 4.78 is 5.50. The highest BCUT2D eigenvalue weighted by Gasteiger charge is 2.36. The van der Waals surface area contributed by atoms with Crippen LogP contribution < -0.4 is 10.1 Å². The number of methoxy groups -OCH3 is 1. The van der Waals surface area contributed by atoms with Crippen molar-refractivity contribution in [1.82, 2.24) is 5.32 Å². The number of carbonyl (C=O) groups excluding carboxylic acids is 1. The van der Waals surface area contributed by atoms with Gasteiger partial charge in [0.05, 0.1) is 18.7 Å². The molecule has 3 rings (SSSR count). The Morgan fingerprint density at radius 2 is 2.04 bits per heavy atom. The molecule has 0 bridgehead atoms. The number of hydrogen-bond acceptors (Lipinski definition) is 4. The predicted molar refractivity (Wildman–Crippen MR) is 113 cm³/mol. The largest absolute Gasteiger partial charge is 0.496 e. The lowest BCUT2D eigenvalue weighted by atomic mass is 9.88. The maximum atomic E-state index is 11.5. The van der Waals surface area contributed by atoms with E-state index in [0.717, 1.165) is 24.9 Å². The monoisotopic (exact) mass is 383 g/mol. The topological polar surface area (TPSA) is 38.3 Å². The van der Waals surface area contributed by atoms with Gasteiger partial charge >= 0.3 is 0 Å². The molecule has 0 saturated carbocycles. The molecule has 1 aliphatic rings. The van der Waals surface area contributed by atoms with Crippen molar-refractivity contribution in [2.45, 2.75) is 56.0 Å². The zero-order valence-electron chi connectivity index (χ0n) is 16.5. The van der Waals surface area contributed by atoms with Crippen LogP contribution in [0.1, 0.15) is 67.1 Å². The van der Waals surface area contributed by atoms with Crippen LogP contribution in [0.25, 0.3) is 0 Å². The van der Waals surface area contributed by atoms with E-state index in [9.17, 15) is 4.79 Å². The highest BCUT2D eigenvalue weighted by molar-refractivity contribution is 7.99. The summed E-state index contributed by atoms with van der Waals surface area (Å²) >= 11 is 1.86. The smallest absolute Gasteiger partial charge is 0.153 e. The predicted octanol–water partition coefficient (Wildman–Crippen LogP) is 5.63. The second-order valence-corrected chi connectivity index (χ2v) is 8.28. The van der Waals surface area contributed by atoms with Crippen LogP contribution in [0.2, 0.25) is 0 Å². The van der Waals surface area contributed by atoms with Crippen LogP contribution >= 0.6 is 11.8 Å². The van der Waals surface area contributed by atoms with Crippen molar-refractivity contribution in [2.75, 3.05) is 12.9 Å². The van der Waals surface area contributed by atoms with Gasteiger partial charge in [-0.15, -0.1) is 11.8 Å². The van der Waals surface area contributed by atoms with Gasteiger partial charge in [0.25, 0.3) is 0 Å². The van der Waals surface area contributed by atoms with Crippen molar-refractivity contribution in [3.8, 4) is 5.75 Å². The van der Waals surface area contributed by atoms with E-state index in [4.69, 9.17) is 4.74 Å². The molecule has 2 aromatic carbocycles.